The molecule has 1 N–H and O–H groups in total. The summed E-state index contributed by atoms with van der Waals surface area (Å²) >= 11 is 0. The number of benzene rings is 3. The van der Waals surface area contributed by atoms with Crippen LogP contribution < -0.4 is 4.74 Å². The van der Waals surface area contributed by atoms with Gasteiger partial charge < -0.3 is 14.6 Å². The van der Waals surface area contributed by atoms with Gasteiger partial charge in [0.2, 0.25) is 0 Å². The van der Waals surface area contributed by atoms with E-state index < -0.39 is 5.60 Å². The van der Waals surface area contributed by atoms with Gasteiger partial charge in [0, 0.05) is 42.9 Å². The van der Waals surface area contributed by atoms with Crippen molar-refractivity contribution in [3.05, 3.63) is 113 Å². The number of phenolic OH excluding ortho intramolecular Hbond substituents is 1. The zero-order valence-corrected chi connectivity index (χ0v) is 25.5. The monoisotopic (exact) mass is 584 g/mol. The van der Waals surface area contributed by atoms with Crippen molar-refractivity contribution in [2.24, 2.45) is 5.92 Å². The third-order valence-corrected chi connectivity index (χ3v) is 11.4. The molecule has 44 heavy (non-hydrogen) atoms. The minimum atomic E-state index is -0.464. The second kappa shape index (κ2) is 9.92. The first kappa shape index (κ1) is 26.7. The molecule has 1 saturated carbocycles. The van der Waals surface area contributed by atoms with Gasteiger partial charge in [-0.05, 0) is 92.3 Å². The van der Waals surface area contributed by atoms with E-state index in [-0.39, 0.29) is 23.3 Å². The molecule has 9 rings (SSSR count). The molecule has 5 nitrogen and oxygen atoms in total. The van der Waals surface area contributed by atoms with Crippen LogP contribution in [0.3, 0.4) is 0 Å². The zero-order valence-electron chi connectivity index (χ0n) is 25.5. The highest BCUT2D eigenvalue weighted by Crippen LogP contribution is 2.69. The Bertz CT molecular complexity index is 1730. The zero-order chi connectivity index (χ0) is 29.5. The van der Waals surface area contributed by atoms with Crippen LogP contribution in [0.5, 0.6) is 11.5 Å². The molecular formula is C39H40N2O3. The summed E-state index contributed by atoms with van der Waals surface area (Å²) in [6.45, 7) is 5.00. The van der Waals surface area contributed by atoms with E-state index in [4.69, 9.17) is 14.5 Å². The molecule has 1 spiro atoms. The Morgan fingerprint density at radius 3 is 2.66 bits per heavy atom. The molecule has 2 bridgehead atoms. The van der Waals surface area contributed by atoms with E-state index in [1.54, 1.807) is 0 Å². The topological polar surface area (TPSA) is 54.8 Å². The van der Waals surface area contributed by atoms with Crippen molar-refractivity contribution in [3.8, 4) is 22.6 Å². The lowest BCUT2D eigenvalue weighted by Gasteiger charge is -2.64. The molecule has 0 unspecified atom stereocenters. The summed E-state index contributed by atoms with van der Waals surface area (Å²) in [6, 6.07) is 26.1. The van der Waals surface area contributed by atoms with Crippen molar-refractivity contribution in [2.75, 3.05) is 19.7 Å². The van der Waals surface area contributed by atoms with Crippen LogP contribution in [0.4, 0.5) is 0 Å². The lowest BCUT2D eigenvalue weighted by molar-refractivity contribution is -0.205. The fourth-order valence-electron chi connectivity index (χ4n) is 9.16. The first-order valence-electron chi connectivity index (χ1n) is 16.6. The van der Waals surface area contributed by atoms with E-state index in [0.29, 0.717) is 12.4 Å². The molecule has 1 saturated heterocycles. The van der Waals surface area contributed by atoms with Crippen LogP contribution in [-0.4, -0.2) is 46.3 Å². The van der Waals surface area contributed by atoms with Crippen LogP contribution in [0.2, 0.25) is 0 Å². The van der Waals surface area contributed by atoms with Crippen molar-refractivity contribution < 1.29 is 14.6 Å². The minimum Gasteiger partial charge on any atom is -0.504 e. The third-order valence-electron chi connectivity index (χ3n) is 11.4. The molecule has 5 aliphatic rings. The summed E-state index contributed by atoms with van der Waals surface area (Å²) in [5.41, 5.74) is 8.83. The van der Waals surface area contributed by atoms with Crippen LogP contribution >= 0.6 is 0 Å². The number of hydrogen-bond donors (Lipinski definition) is 1. The number of pyridine rings is 1. The smallest absolute Gasteiger partial charge is 0.166 e. The predicted octanol–water partition coefficient (Wildman–Crippen LogP) is 7.12. The van der Waals surface area contributed by atoms with E-state index in [9.17, 15) is 5.11 Å². The molecular weight excluding hydrogens is 544 g/mol. The summed E-state index contributed by atoms with van der Waals surface area (Å²) < 4.78 is 14.4. The summed E-state index contributed by atoms with van der Waals surface area (Å²) in [4.78, 5) is 7.94. The maximum Gasteiger partial charge on any atom is 0.166 e. The number of aromatic nitrogens is 1. The molecule has 3 heterocycles. The van der Waals surface area contributed by atoms with Crippen molar-refractivity contribution >= 4 is 0 Å². The van der Waals surface area contributed by atoms with Gasteiger partial charge in [0.25, 0.3) is 0 Å². The fraction of sp³-hybridized carbons (Fsp3) is 0.410. The first-order valence-corrected chi connectivity index (χ1v) is 16.6. The number of piperidine rings is 1. The number of nitrogens with zero attached hydrogens (tertiary/aromatic N) is 2. The van der Waals surface area contributed by atoms with Crippen LogP contribution in [-0.2, 0) is 29.4 Å². The van der Waals surface area contributed by atoms with Crippen LogP contribution in [0, 0.1) is 12.8 Å². The lowest BCUT2D eigenvalue weighted by Crippen LogP contribution is -2.75. The molecule has 3 aliphatic carbocycles. The fourth-order valence-corrected chi connectivity index (χ4v) is 9.16. The Morgan fingerprint density at radius 2 is 1.84 bits per heavy atom. The van der Waals surface area contributed by atoms with Gasteiger partial charge >= 0.3 is 0 Å². The number of rotatable bonds is 8. The van der Waals surface area contributed by atoms with E-state index in [1.165, 1.54) is 46.2 Å². The van der Waals surface area contributed by atoms with Gasteiger partial charge in [-0.2, -0.15) is 0 Å². The second-order valence-corrected chi connectivity index (χ2v) is 14.0. The second-order valence-electron chi connectivity index (χ2n) is 14.0. The minimum absolute atomic E-state index is 0.238. The van der Waals surface area contributed by atoms with E-state index in [2.05, 4.69) is 78.6 Å². The highest BCUT2D eigenvalue weighted by atomic mass is 16.5. The summed E-state index contributed by atoms with van der Waals surface area (Å²) in [5, 5.41) is 11.2. The molecule has 3 aromatic carbocycles. The molecule has 0 radical (unpaired) electrons. The Hall–Kier alpha value is -3.67. The number of phenols is 1. The Labute approximate surface area is 259 Å². The van der Waals surface area contributed by atoms with E-state index in [1.807, 2.05) is 12.3 Å². The quantitative estimate of drug-likeness (QED) is 0.224. The van der Waals surface area contributed by atoms with Crippen molar-refractivity contribution in [2.45, 2.75) is 75.0 Å². The van der Waals surface area contributed by atoms with Gasteiger partial charge in [0.15, 0.2) is 17.6 Å². The molecule has 0 amide bonds. The average Bonchev–Trinajstić information content (AvgIpc) is 3.79. The molecule has 4 aromatic rings. The standard InChI is InChI=1S/C39H40N2O3/c1-25-9-13-28(14-10-25)31-20-30-22-39(43-19-5-8-26-6-3-2-4-7-26)33-21-29-15-16-32(42)36-34(29)38(39,37(44-36)35(30)40-23-31)17-18-41(33)24-27-11-12-27/h2-4,6-7,9-10,13-16,20,23,27,33,37,42H,5,8,11-12,17-19,21-22,24H2,1H3/t33-,37+,38+,39-/m1/s1. The Balaban J connectivity index is 1.18. The Morgan fingerprint density at radius 1 is 1.00 bits per heavy atom. The normalized spacial score (nSPS) is 27.8. The first-order chi connectivity index (χ1) is 21.6. The molecule has 2 fully saturated rings. The van der Waals surface area contributed by atoms with Crippen molar-refractivity contribution in [1.82, 2.24) is 9.88 Å². The summed E-state index contributed by atoms with van der Waals surface area (Å²) in [6.07, 6.45) is 9.06. The van der Waals surface area contributed by atoms with Crippen LogP contribution in [0.25, 0.3) is 11.1 Å². The maximum absolute atomic E-state index is 11.2. The van der Waals surface area contributed by atoms with Gasteiger partial charge in [-0.1, -0.05) is 66.2 Å². The van der Waals surface area contributed by atoms with Crippen molar-refractivity contribution in [1.29, 1.82) is 0 Å². The van der Waals surface area contributed by atoms with Crippen LogP contribution in [0.1, 0.15) is 65.3 Å². The highest BCUT2D eigenvalue weighted by molar-refractivity contribution is 5.68. The van der Waals surface area contributed by atoms with E-state index in [0.717, 1.165) is 62.4 Å². The van der Waals surface area contributed by atoms with E-state index >= 15 is 0 Å². The maximum atomic E-state index is 11.2. The van der Waals surface area contributed by atoms with Gasteiger partial charge in [0.05, 0.1) is 11.1 Å². The van der Waals surface area contributed by atoms with Gasteiger partial charge in [-0.25, -0.2) is 0 Å². The SMILES string of the molecule is Cc1ccc(-c2cnc3c(c2)C[C@@]2(OCCCc4ccccc4)[C@H]4Cc5ccc(O)c6c5[C@@]2(CCN4CC2CC2)[C@H]3O6)cc1. The number of aryl methyl sites for hydroxylation is 2. The average molecular weight is 585 g/mol. The number of fused-ring (bicyclic) bond motifs is 2. The number of hydrogen-bond acceptors (Lipinski definition) is 5. The molecule has 2 aliphatic heterocycles. The lowest BCUT2D eigenvalue weighted by atomic mass is 9.48. The predicted molar refractivity (Wildman–Crippen MR) is 171 cm³/mol. The Kier molecular flexibility index (Phi) is 6.02. The number of aromatic hydroxyl groups is 1. The van der Waals surface area contributed by atoms with Gasteiger partial charge in [-0.3, -0.25) is 9.88 Å². The van der Waals surface area contributed by atoms with Gasteiger partial charge in [-0.15, -0.1) is 0 Å². The van der Waals surface area contributed by atoms with Crippen molar-refractivity contribution in [3.63, 3.8) is 0 Å². The highest BCUT2D eigenvalue weighted by Gasteiger charge is 2.73. The number of ether oxygens (including phenoxy) is 2. The summed E-state index contributed by atoms with van der Waals surface area (Å²) in [5.74, 6) is 1.70. The summed E-state index contributed by atoms with van der Waals surface area (Å²) in [7, 11) is 0. The van der Waals surface area contributed by atoms with Crippen LogP contribution in [0.15, 0.2) is 79.0 Å². The molecule has 1 aromatic heterocycles. The molecule has 4 atom stereocenters. The number of likely N-dealkylation sites (tertiary alicyclic amines) is 1. The van der Waals surface area contributed by atoms with Gasteiger partial charge in [0.1, 0.15) is 5.60 Å². The molecule has 5 heteroatoms. The molecule has 224 valence electrons. The largest absolute Gasteiger partial charge is 0.504 e. The third kappa shape index (κ3) is 3.88.